The summed E-state index contributed by atoms with van der Waals surface area (Å²) in [4.78, 5) is 21.7. The number of rotatable bonds is 3. The van der Waals surface area contributed by atoms with Crippen LogP contribution in [0.5, 0.6) is 0 Å². The molecule has 5 nitrogen and oxygen atoms in total. The molecule has 1 rings (SSSR count). The lowest BCUT2D eigenvalue weighted by Gasteiger charge is -2.15. The van der Waals surface area contributed by atoms with Crippen LogP contribution in [0, 0.1) is 6.92 Å². The molecule has 0 radical (unpaired) electrons. The Morgan fingerprint density at radius 2 is 2.06 bits per heavy atom. The minimum atomic E-state index is -1.32. The summed E-state index contributed by atoms with van der Waals surface area (Å²) in [6.07, 6.45) is 0. The monoisotopic (exact) mass is 221 g/mol. The molecule has 0 saturated heterocycles. The first-order valence-electron chi connectivity index (χ1n) is 4.84. The third kappa shape index (κ3) is 3.61. The molecule has 0 aliphatic carbocycles. The van der Waals surface area contributed by atoms with E-state index in [0.29, 0.717) is 5.69 Å². The van der Waals surface area contributed by atoms with Crippen LogP contribution >= 0.6 is 0 Å². The van der Waals surface area contributed by atoms with Gasteiger partial charge in [-0.3, -0.25) is 0 Å². The summed E-state index contributed by atoms with van der Waals surface area (Å²) in [6, 6.07) is 5.60. The van der Waals surface area contributed by atoms with Crippen molar-refractivity contribution in [3.63, 3.8) is 0 Å². The first-order chi connectivity index (χ1) is 7.49. The number of anilines is 1. The average molecular weight is 221 g/mol. The maximum atomic E-state index is 11.3. The second kappa shape index (κ2) is 5.16. The van der Waals surface area contributed by atoms with E-state index in [-0.39, 0.29) is 0 Å². The summed E-state index contributed by atoms with van der Waals surface area (Å²) < 4.78 is 0. The molecule has 86 valence electrons. The number of nitrogens with one attached hydrogen (secondary N) is 2. The number of carbonyl (C=O) groups is 2. The molecule has 0 saturated carbocycles. The molecule has 1 aromatic carbocycles. The number of hydrogen-bond acceptors (Lipinski definition) is 3. The normalized spacial score (nSPS) is 11.6. The van der Waals surface area contributed by atoms with Crippen LogP contribution < -0.4 is 15.7 Å². The number of carboxylic acid groups (broad SMARTS) is 1. The van der Waals surface area contributed by atoms with Crippen LogP contribution in [0.3, 0.4) is 0 Å². The van der Waals surface area contributed by atoms with Gasteiger partial charge in [-0.15, -0.1) is 0 Å². The highest BCUT2D eigenvalue weighted by atomic mass is 16.4. The zero-order valence-corrected chi connectivity index (χ0v) is 9.11. The van der Waals surface area contributed by atoms with Crippen molar-refractivity contribution >= 4 is 17.7 Å². The maximum Gasteiger partial charge on any atom is 0.319 e. The lowest BCUT2D eigenvalue weighted by Crippen LogP contribution is -2.47. The molecule has 0 bridgehead atoms. The lowest BCUT2D eigenvalue weighted by molar-refractivity contribution is -0.307. The third-order valence-corrected chi connectivity index (χ3v) is 1.98. The van der Waals surface area contributed by atoms with E-state index in [1.54, 1.807) is 18.2 Å². The topological polar surface area (TPSA) is 81.3 Å². The SMILES string of the molecule is Cc1cccc(NC(=O)N[C@@H](C)C(=O)[O-])c1. The molecule has 5 heteroatoms. The first kappa shape index (κ1) is 12.0. The Balaban J connectivity index is 2.55. The Morgan fingerprint density at radius 3 is 2.62 bits per heavy atom. The van der Waals surface area contributed by atoms with E-state index in [1.807, 2.05) is 13.0 Å². The van der Waals surface area contributed by atoms with Gasteiger partial charge in [0.1, 0.15) is 0 Å². The lowest BCUT2D eigenvalue weighted by atomic mass is 10.2. The van der Waals surface area contributed by atoms with E-state index in [2.05, 4.69) is 10.6 Å². The predicted molar refractivity (Wildman–Crippen MR) is 57.8 cm³/mol. The molecule has 16 heavy (non-hydrogen) atoms. The van der Waals surface area contributed by atoms with Crippen LogP contribution in [0.25, 0.3) is 0 Å². The van der Waals surface area contributed by atoms with Gasteiger partial charge in [0.25, 0.3) is 0 Å². The molecule has 2 amide bonds. The standard InChI is InChI=1S/C11H14N2O3/c1-7-4-3-5-9(6-7)13-11(16)12-8(2)10(14)15/h3-6,8H,1-2H3,(H,14,15)(H2,12,13,16)/p-1/t8-/m0/s1. The van der Waals surface area contributed by atoms with Crippen molar-refractivity contribution in [2.24, 2.45) is 0 Å². The van der Waals surface area contributed by atoms with E-state index in [0.717, 1.165) is 5.56 Å². The smallest absolute Gasteiger partial charge is 0.319 e. The summed E-state index contributed by atoms with van der Waals surface area (Å²) in [7, 11) is 0. The number of aryl methyl sites for hydroxylation is 1. The second-order valence-electron chi connectivity index (χ2n) is 3.51. The highest BCUT2D eigenvalue weighted by Crippen LogP contribution is 2.08. The summed E-state index contributed by atoms with van der Waals surface area (Å²) in [6.45, 7) is 3.23. The van der Waals surface area contributed by atoms with Gasteiger partial charge in [-0.25, -0.2) is 4.79 Å². The quantitative estimate of drug-likeness (QED) is 0.767. The van der Waals surface area contributed by atoms with Crippen molar-refractivity contribution in [3.05, 3.63) is 29.8 Å². The van der Waals surface area contributed by atoms with Gasteiger partial charge in [0.05, 0.1) is 12.0 Å². The predicted octanol–water partition coefficient (Wildman–Crippen LogP) is 0.255. The third-order valence-electron chi connectivity index (χ3n) is 1.98. The Morgan fingerprint density at radius 1 is 1.38 bits per heavy atom. The molecule has 0 fully saturated rings. The molecule has 0 aromatic heterocycles. The van der Waals surface area contributed by atoms with Crippen molar-refractivity contribution in [1.29, 1.82) is 0 Å². The van der Waals surface area contributed by atoms with Crippen LogP contribution in [0.1, 0.15) is 12.5 Å². The molecule has 2 N–H and O–H groups in total. The zero-order valence-electron chi connectivity index (χ0n) is 9.11. The van der Waals surface area contributed by atoms with E-state index < -0.39 is 18.0 Å². The molecule has 0 unspecified atom stereocenters. The zero-order chi connectivity index (χ0) is 12.1. The number of hydrogen-bond donors (Lipinski definition) is 2. The second-order valence-corrected chi connectivity index (χ2v) is 3.51. The van der Waals surface area contributed by atoms with Gasteiger partial charge in [0.15, 0.2) is 0 Å². The van der Waals surface area contributed by atoms with E-state index in [1.165, 1.54) is 6.92 Å². The van der Waals surface area contributed by atoms with Gasteiger partial charge in [0, 0.05) is 5.69 Å². The molecule has 0 aliphatic rings. The van der Waals surface area contributed by atoms with Gasteiger partial charge in [-0.1, -0.05) is 12.1 Å². The largest absolute Gasteiger partial charge is 0.548 e. The number of aliphatic carboxylic acids is 1. The van der Waals surface area contributed by atoms with Crippen LogP contribution in [0.2, 0.25) is 0 Å². The summed E-state index contributed by atoms with van der Waals surface area (Å²) >= 11 is 0. The van der Waals surface area contributed by atoms with Crippen molar-refractivity contribution in [2.75, 3.05) is 5.32 Å². The molecular weight excluding hydrogens is 208 g/mol. The molecule has 1 aromatic rings. The Hall–Kier alpha value is -2.04. The van der Waals surface area contributed by atoms with Gasteiger partial charge >= 0.3 is 6.03 Å². The van der Waals surface area contributed by atoms with Crippen molar-refractivity contribution < 1.29 is 14.7 Å². The maximum absolute atomic E-state index is 11.3. The number of amides is 2. The number of urea groups is 1. The summed E-state index contributed by atoms with van der Waals surface area (Å²) in [5, 5.41) is 15.2. The van der Waals surface area contributed by atoms with Crippen molar-refractivity contribution in [3.8, 4) is 0 Å². The van der Waals surface area contributed by atoms with Gasteiger partial charge in [0.2, 0.25) is 0 Å². The Labute approximate surface area is 93.5 Å². The molecule has 0 spiro atoms. The molecular formula is C11H13N2O3-. The summed E-state index contributed by atoms with van der Waals surface area (Å²) in [5.74, 6) is -1.32. The van der Waals surface area contributed by atoms with E-state index >= 15 is 0 Å². The fourth-order valence-electron chi connectivity index (χ4n) is 1.15. The van der Waals surface area contributed by atoms with Crippen LogP contribution in [-0.2, 0) is 4.79 Å². The minimum Gasteiger partial charge on any atom is -0.548 e. The highest BCUT2D eigenvalue weighted by Gasteiger charge is 2.07. The van der Waals surface area contributed by atoms with Gasteiger partial charge in [-0.05, 0) is 31.5 Å². The average Bonchev–Trinajstić information content (AvgIpc) is 2.16. The minimum absolute atomic E-state index is 0.567. The fourth-order valence-corrected chi connectivity index (χ4v) is 1.15. The molecule has 1 atom stereocenters. The summed E-state index contributed by atoms with van der Waals surface area (Å²) in [5.41, 5.74) is 1.62. The number of carbonyl (C=O) groups excluding carboxylic acids is 2. The van der Waals surface area contributed by atoms with E-state index in [9.17, 15) is 14.7 Å². The van der Waals surface area contributed by atoms with Crippen LogP contribution in [0.15, 0.2) is 24.3 Å². The van der Waals surface area contributed by atoms with E-state index in [4.69, 9.17) is 0 Å². The van der Waals surface area contributed by atoms with Crippen molar-refractivity contribution in [1.82, 2.24) is 5.32 Å². The fraction of sp³-hybridized carbons (Fsp3) is 0.273. The van der Waals surface area contributed by atoms with Crippen LogP contribution in [-0.4, -0.2) is 18.0 Å². The number of benzene rings is 1. The number of carboxylic acids is 1. The molecule has 0 aliphatic heterocycles. The Kier molecular flexibility index (Phi) is 3.88. The van der Waals surface area contributed by atoms with Crippen LogP contribution in [0.4, 0.5) is 10.5 Å². The first-order valence-corrected chi connectivity index (χ1v) is 4.84. The van der Waals surface area contributed by atoms with Crippen molar-refractivity contribution in [2.45, 2.75) is 19.9 Å². The Bertz CT molecular complexity index is 404. The molecule has 0 heterocycles. The highest BCUT2D eigenvalue weighted by molar-refractivity contribution is 5.91. The van der Waals surface area contributed by atoms with Gasteiger partial charge < -0.3 is 20.5 Å². The van der Waals surface area contributed by atoms with Gasteiger partial charge in [-0.2, -0.15) is 0 Å².